The molecule has 0 aromatic heterocycles. The van der Waals surface area contributed by atoms with Gasteiger partial charge in [0.05, 0.1) is 17.3 Å². The van der Waals surface area contributed by atoms with Gasteiger partial charge in [-0.3, -0.25) is 0 Å². The molecule has 1 aromatic carbocycles. The number of nitrogens with two attached hydrogens (primary N) is 1. The van der Waals surface area contributed by atoms with Crippen molar-refractivity contribution in [1.82, 2.24) is 0 Å². The Morgan fingerprint density at radius 1 is 1.26 bits per heavy atom. The van der Waals surface area contributed by atoms with Crippen LogP contribution in [0.5, 0.6) is 5.75 Å². The van der Waals surface area contributed by atoms with Crippen LogP contribution < -0.4 is 15.8 Å². The Morgan fingerprint density at radius 2 is 2.00 bits per heavy atom. The summed E-state index contributed by atoms with van der Waals surface area (Å²) in [6.07, 6.45) is 4.98. The van der Waals surface area contributed by atoms with Crippen LogP contribution in [0.15, 0.2) is 21.1 Å². The van der Waals surface area contributed by atoms with Crippen LogP contribution in [0.3, 0.4) is 0 Å². The van der Waals surface area contributed by atoms with Crippen molar-refractivity contribution in [3.63, 3.8) is 0 Å². The highest BCUT2D eigenvalue weighted by molar-refractivity contribution is 9.11. The highest BCUT2D eigenvalue weighted by Gasteiger charge is 2.24. The van der Waals surface area contributed by atoms with Crippen molar-refractivity contribution in [2.24, 2.45) is 11.7 Å². The first-order valence-corrected chi connectivity index (χ1v) is 8.24. The Balaban J connectivity index is 2.17. The highest BCUT2D eigenvalue weighted by Crippen LogP contribution is 2.36. The van der Waals surface area contributed by atoms with Gasteiger partial charge in [-0.25, -0.2) is 0 Å². The van der Waals surface area contributed by atoms with E-state index < -0.39 is 0 Å². The van der Waals surface area contributed by atoms with Crippen LogP contribution in [-0.4, -0.2) is 19.7 Å². The van der Waals surface area contributed by atoms with E-state index in [1.807, 2.05) is 12.1 Å². The molecule has 0 radical (unpaired) electrons. The third-order valence-electron chi connectivity index (χ3n) is 3.79. The van der Waals surface area contributed by atoms with Gasteiger partial charge in [0.15, 0.2) is 0 Å². The first-order chi connectivity index (χ1) is 9.15. The summed E-state index contributed by atoms with van der Waals surface area (Å²) in [5, 5.41) is 3.62. The predicted octanol–water partition coefficient (Wildman–Crippen LogP) is 4.15. The van der Waals surface area contributed by atoms with Gasteiger partial charge in [0.2, 0.25) is 0 Å². The molecule has 5 heteroatoms. The summed E-state index contributed by atoms with van der Waals surface area (Å²) in [5.41, 5.74) is 6.96. The van der Waals surface area contributed by atoms with Gasteiger partial charge in [-0.05, 0) is 63.2 Å². The third kappa shape index (κ3) is 3.64. The van der Waals surface area contributed by atoms with E-state index in [0.717, 1.165) is 26.9 Å². The summed E-state index contributed by atoms with van der Waals surface area (Å²) < 4.78 is 7.34. The summed E-state index contributed by atoms with van der Waals surface area (Å²) in [5.74, 6) is 1.40. The van der Waals surface area contributed by atoms with Gasteiger partial charge in [-0.15, -0.1) is 0 Å². The summed E-state index contributed by atoms with van der Waals surface area (Å²) in [7, 11) is 1.68. The van der Waals surface area contributed by atoms with Crippen molar-refractivity contribution in [3.05, 3.63) is 21.1 Å². The molecule has 3 N–H and O–H groups in total. The maximum atomic E-state index is 5.88. The fraction of sp³-hybridized carbons (Fsp3) is 0.571. The molecule has 0 saturated heterocycles. The number of anilines is 1. The van der Waals surface area contributed by atoms with Crippen molar-refractivity contribution in [2.45, 2.75) is 31.7 Å². The summed E-state index contributed by atoms with van der Waals surface area (Å²) in [6, 6.07) is 4.50. The molecule has 2 atom stereocenters. The first kappa shape index (κ1) is 15.1. The van der Waals surface area contributed by atoms with Gasteiger partial charge in [-0.2, -0.15) is 0 Å². The second-order valence-electron chi connectivity index (χ2n) is 5.00. The van der Waals surface area contributed by atoms with Crippen molar-refractivity contribution in [1.29, 1.82) is 0 Å². The standard InChI is InChI=1S/C14H20Br2N2O/c1-19-14-7-13(10(15)6-11(14)16)18-12-5-3-2-4-9(12)8-17/h6-7,9,12,18H,2-5,8,17H2,1H3. The number of ether oxygens (including phenoxy) is 1. The van der Waals surface area contributed by atoms with E-state index in [1.165, 1.54) is 25.7 Å². The molecule has 0 heterocycles. The van der Waals surface area contributed by atoms with Crippen LogP contribution in [0.2, 0.25) is 0 Å². The van der Waals surface area contributed by atoms with Crippen molar-refractivity contribution < 1.29 is 4.74 Å². The second kappa shape index (κ2) is 6.95. The fourth-order valence-corrected chi connectivity index (χ4v) is 3.95. The molecule has 2 rings (SSSR count). The SMILES string of the molecule is COc1cc(NC2CCCCC2CN)c(Br)cc1Br. The van der Waals surface area contributed by atoms with E-state index in [1.54, 1.807) is 7.11 Å². The maximum Gasteiger partial charge on any atom is 0.135 e. The first-order valence-electron chi connectivity index (χ1n) is 6.65. The average Bonchev–Trinajstić information content (AvgIpc) is 2.42. The lowest BCUT2D eigenvalue weighted by atomic mass is 9.84. The molecule has 1 aliphatic carbocycles. The molecule has 0 amide bonds. The molecule has 3 nitrogen and oxygen atoms in total. The van der Waals surface area contributed by atoms with Gasteiger partial charge in [0, 0.05) is 16.6 Å². The van der Waals surface area contributed by atoms with Gasteiger partial charge < -0.3 is 15.8 Å². The van der Waals surface area contributed by atoms with Crippen LogP contribution in [0.4, 0.5) is 5.69 Å². The maximum absolute atomic E-state index is 5.88. The lowest BCUT2D eigenvalue weighted by Gasteiger charge is -2.32. The second-order valence-corrected chi connectivity index (χ2v) is 6.71. The molecule has 1 fully saturated rings. The number of halogens is 2. The monoisotopic (exact) mass is 390 g/mol. The zero-order valence-electron chi connectivity index (χ0n) is 11.1. The average molecular weight is 392 g/mol. The molecule has 0 aliphatic heterocycles. The Labute approximate surface area is 131 Å². The number of methoxy groups -OCH3 is 1. The topological polar surface area (TPSA) is 47.3 Å². The van der Waals surface area contributed by atoms with E-state index in [-0.39, 0.29) is 0 Å². The predicted molar refractivity (Wildman–Crippen MR) is 86.8 cm³/mol. The molecule has 1 aliphatic rings. The normalized spacial score (nSPS) is 23.2. The molecule has 106 valence electrons. The third-order valence-corrected chi connectivity index (χ3v) is 5.07. The van der Waals surface area contributed by atoms with Crippen molar-refractivity contribution in [3.8, 4) is 5.75 Å². The van der Waals surface area contributed by atoms with Crippen molar-refractivity contribution >= 4 is 37.5 Å². The Bertz CT molecular complexity index is 440. The Morgan fingerprint density at radius 3 is 2.68 bits per heavy atom. The molecule has 0 spiro atoms. The molecule has 1 aromatic rings. The highest BCUT2D eigenvalue weighted by atomic mass is 79.9. The minimum absolute atomic E-state index is 0.459. The Kier molecular flexibility index (Phi) is 5.54. The van der Waals surface area contributed by atoms with Crippen LogP contribution in [0.25, 0.3) is 0 Å². The van der Waals surface area contributed by atoms with Crippen LogP contribution in [-0.2, 0) is 0 Å². The lowest BCUT2D eigenvalue weighted by Crippen LogP contribution is -2.36. The number of benzene rings is 1. The van der Waals surface area contributed by atoms with Crippen LogP contribution in [0, 0.1) is 5.92 Å². The molecule has 0 bridgehead atoms. The van der Waals surface area contributed by atoms with Gasteiger partial charge in [0.25, 0.3) is 0 Å². The summed E-state index contributed by atoms with van der Waals surface area (Å²) in [6.45, 7) is 0.753. The van der Waals surface area contributed by atoms with Crippen LogP contribution >= 0.6 is 31.9 Å². The van der Waals surface area contributed by atoms with Gasteiger partial charge in [0.1, 0.15) is 5.75 Å². The lowest BCUT2D eigenvalue weighted by molar-refractivity contribution is 0.332. The van der Waals surface area contributed by atoms with E-state index >= 15 is 0 Å². The number of rotatable bonds is 4. The van der Waals surface area contributed by atoms with E-state index in [2.05, 4.69) is 37.2 Å². The van der Waals surface area contributed by atoms with E-state index in [0.29, 0.717) is 12.0 Å². The molecule has 19 heavy (non-hydrogen) atoms. The minimum Gasteiger partial charge on any atom is -0.495 e. The minimum atomic E-state index is 0.459. The van der Waals surface area contributed by atoms with Crippen LogP contribution in [0.1, 0.15) is 25.7 Å². The van der Waals surface area contributed by atoms with Gasteiger partial charge >= 0.3 is 0 Å². The summed E-state index contributed by atoms with van der Waals surface area (Å²) in [4.78, 5) is 0. The molecule has 2 unspecified atom stereocenters. The zero-order chi connectivity index (χ0) is 13.8. The number of hydrogen-bond acceptors (Lipinski definition) is 3. The molecular weight excluding hydrogens is 372 g/mol. The fourth-order valence-electron chi connectivity index (χ4n) is 2.68. The summed E-state index contributed by atoms with van der Waals surface area (Å²) >= 11 is 7.09. The van der Waals surface area contributed by atoms with E-state index in [9.17, 15) is 0 Å². The Hall–Kier alpha value is -0.260. The smallest absolute Gasteiger partial charge is 0.135 e. The van der Waals surface area contributed by atoms with E-state index in [4.69, 9.17) is 10.5 Å². The number of nitrogens with one attached hydrogen (secondary N) is 1. The zero-order valence-corrected chi connectivity index (χ0v) is 14.3. The quantitative estimate of drug-likeness (QED) is 0.810. The largest absolute Gasteiger partial charge is 0.495 e. The van der Waals surface area contributed by atoms with Gasteiger partial charge in [-0.1, -0.05) is 12.8 Å². The number of hydrogen-bond donors (Lipinski definition) is 2. The molecule has 1 saturated carbocycles. The van der Waals surface area contributed by atoms with Crippen molar-refractivity contribution in [2.75, 3.05) is 19.0 Å². The molecular formula is C14H20Br2N2O.